The van der Waals surface area contributed by atoms with Gasteiger partial charge in [0.05, 0.1) is 17.9 Å². The van der Waals surface area contributed by atoms with Crippen molar-refractivity contribution in [1.29, 1.82) is 0 Å². The van der Waals surface area contributed by atoms with Crippen LogP contribution in [0.4, 0.5) is 5.69 Å². The summed E-state index contributed by atoms with van der Waals surface area (Å²) in [6.07, 6.45) is 0.760. The molecule has 21 heavy (non-hydrogen) atoms. The third-order valence-corrected chi connectivity index (χ3v) is 5.19. The van der Waals surface area contributed by atoms with Gasteiger partial charge < -0.3 is 10.5 Å². The Morgan fingerprint density at radius 3 is 2.76 bits per heavy atom. The molecule has 5 heteroatoms. The lowest BCUT2D eigenvalue weighted by atomic mass is 10.0. The Morgan fingerprint density at radius 2 is 2.05 bits per heavy atom. The molecule has 0 unspecified atom stereocenters. The third-order valence-electron chi connectivity index (χ3n) is 3.63. The number of anilines is 1. The van der Waals surface area contributed by atoms with E-state index in [0.717, 1.165) is 37.6 Å². The Labute approximate surface area is 139 Å². The minimum Gasteiger partial charge on any atom is -0.462 e. The highest BCUT2D eigenvalue weighted by molar-refractivity contribution is 9.11. The number of benzene rings is 2. The molecule has 0 atom stereocenters. The number of hydrogen-bond acceptors (Lipinski definition) is 3. The van der Waals surface area contributed by atoms with Crippen LogP contribution in [0.25, 0.3) is 11.1 Å². The molecule has 0 spiro atoms. The number of nitrogen functional groups attached to an aromatic ring is 1. The molecule has 0 heterocycles. The molecule has 0 aromatic heterocycles. The van der Waals surface area contributed by atoms with E-state index in [1.165, 1.54) is 0 Å². The number of hydrogen-bond donors (Lipinski definition) is 1. The van der Waals surface area contributed by atoms with Crippen LogP contribution >= 0.6 is 31.9 Å². The first-order chi connectivity index (χ1) is 10.0. The summed E-state index contributed by atoms with van der Waals surface area (Å²) < 4.78 is 6.84. The summed E-state index contributed by atoms with van der Waals surface area (Å²) in [6, 6.07) is 7.72. The Morgan fingerprint density at radius 1 is 1.29 bits per heavy atom. The molecular weight excluding hydrogens is 398 g/mol. The van der Waals surface area contributed by atoms with Crippen molar-refractivity contribution in [3.63, 3.8) is 0 Å². The van der Waals surface area contributed by atoms with Gasteiger partial charge in [-0.25, -0.2) is 4.79 Å². The molecule has 0 saturated carbocycles. The molecule has 0 aliphatic heterocycles. The lowest BCUT2D eigenvalue weighted by Crippen LogP contribution is -2.04. The summed E-state index contributed by atoms with van der Waals surface area (Å²) in [5.41, 5.74) is 11.9. The lowest BCUT2D eigenvalue weighted by molar-refractivity contribution is 0.0526. The van der Waals surface area contributed by atoms with Crippen LogP contribution < -0.4 is 5.73 Å². The molecule has 2 N–H and O–H groups in total. The summed E-state index contributed by atoms with van der Waals surface area (Å²) in [5, 5.41) is 0. The molecule has 3 rings (SSSR count). The van der Waals surface area contributed by atoms with Crippen LogP contribution in [0.1, 0.15) is 28.4 Å². The van der Waals surface area contributed by atoms with Gasteiger partial charge in [0, 0.05) is 8.95 Å². The third kappa shape index (κ3) is 2.38. The van der Waals surface area contributed by atoms with E-state index in [9.17, 15) is 4.79 Å². The molecule has 2 aromatic carbocycles. The monoisotopic (exact) mass is 409 g/mol. The molecule has 0 saturated heterocycles. The van der Waals surface area contributed by atoms with Crippen molar-refractivity contribution in [1.82, 2.24) is 0 Å². The van der Waals surface area contributed by atoms with Gasteiger partial charge in [0.2, 0.25) is 0 Å². The second-order valence-electron chi connectivity index (χ2n) is 4.88. The Bertz CT molecular complexity index is 756. The summed E-state index contributed by atoms with van der Waals surface area (Å²) >= 11 is 7.05. The number of rotatable bonds is 2. The number of nitrogens with two attached hydrogens (primary N) is 1. The van der Waals surface area contributed by atoms with E-state index in [2.05, 4.69) is 31.9 Å². The fourth-order valence-corrected chi connectivity index (χ4v) is 3.89. The molecule has 0 fully saturated rings. The molecule has 1 aliphatic rings. The topological polar surface area (TPSA) is 52.3 Å². The van der Waals surface area contributed by atoms with Crippen LogP contribution in [0, 0.1) is 0 Å². The Hall–Kier alpha value is -1.33. The first-order valence-electron chi connectivity index (χ1n) is 6.59. The quantitative estimate of drug-likeness (QED) is 0.498. The van der Waals surface area contributed by atoms with Gasteiger partial charge >= 0.3 is 5.97 Å². The summed E-state index contributed by atoms with van der Waals surface area (Å²) in [6.45, 7) is 2.18. The maximum absolute atomic E-state index is 11.8. The average Bonchev–Trinajstić information content (AvgIpc) is 2.83. The van der Waals surface area contributed by atoms with E-state index >= 15 is 0 Å². The van der Waals surface area contributed by atoms with Crippen LogP contribution in [0.15, 0.2) is 33.2 Å². The first-order valence-corrected chi connectivity index (χ1v) is 8.18. The number of carbonyl (C=O) groups is 1. The van der Waals surface area contributed by atoms with Gasteiger partial charge in [0.1, 0.15) is 0 Å². The molecule has 0 radical (unpaired) electrons. The van der Waals surface area contributed by atoms with Crippen LogP contribution in [-0.2, 0) is 11.2 Å². The van der Waals surface area contributed by atoms with E-state index in [1.807, 2.05) is 24.3 Å². The fourth-order valence-electron chi connectivity index (χ4n) is 2.62. The van der Waals surface area contributed by atoms with E-state index in [4.69, 9.17) is 10.5 Å². The highest BCUT2D eigenvalue weighted by Gasteiger charge is 2.24. The first kappa shape index (κ1) is 14.6. The Kier molecular flexibility index (Phi) is 3.80. The summed E-state index contributed by atoms with van der Waals surface area (Å²) in [7, 11) is 0. The second kappa shape index (κ2) is 5.46. The second-order valence-corrected chi connectivity index (χ2v) is 6.53. The molecular formula is C16H13Br2NO2. The largest absolute Gasteiger partial charge is 0.462 e. The van der Waals surface area contributed by atoms with Crippen molar-refractivity contribution in [2.75, 3.05) is 12.3 Å². The fraction of sp³-hybridized carbons (Fsp3) is 0.188. The Balaban J connectivity index is 2.08. The van der Waals surface area contributed by atoms with Gasteiger partial charge in [-0.15, -0.1) is 0 Å². The van der Waals surface area contributed by atoms with Gasteiger partial charge in [0.15, 0.2) is 0 Å². The van der Waals surface area contributed by atoms with Gasteiger partial charge in [-0.1, -0.05) is 6.07 Å². The van der Waals surface area contributed by atoms with E-state index in [1.54, 1.807) is 6.92 Å². The van der Waals surface area contributed by atoms with Crippen molar-refractivity contribution in [2.45, 2.75) is 13.3 Å². The minimum absolute atomic E-state index is 0.281. The van der Waals surface area contributed by atoms with Gasteiger partial charge in [-0.2, -0.15) is 0 Å². The van der Waals surface area contributed by atoms with E-state index in [-0.39, 0.29) is 5.97 Å². The average molecular weight is 411 g/mol. The highest BCUT2D eigenvalue weighted by atomic mass is 79.9. The zero-order chi connectivity index (χ0) is 15.1. The number of ether oxygens (including phenoxy) is 1. The van der Waals surface area contributed by atoms with Crippen molar-refractivity contribution in [2.24, 2.45) is 0 Å². The van der Waals surface area contributed by atoms with Crippen LogP contribution in [0.3, 0.4) is 0 Å². The highest BCUT2D eigenvalue weighted by Crippen LogP contribution is 2.45. The van der Waals surface area contributed by atoms with Crippen molar-refractivity contribution < 1.29 is 9.53 Å². The smallest absolute Gasteiger partial charge is 0.338 e. The van der Waals surface area contributed by atoms with Crippen LogP contribution in [-0.4, -0.2) is 12.6 Å². The van der Waals surface area contributed by atoms with Crippen LogP contribution in [0.2, 0.25) is 0 Å². The van der Waals surface area contributed by atoms with Crippen molar-refractivity contribution in [3.05, 3.63) is 49.9 Å². The van der Waals surface area contributed by atoms with Crippen LogP contribution in [0.5, 0.6) is 0 Å². The molecule has 3 nitrogen and oxygen atoms in total. The minimum atomic E-state index is -0.281. The number of halogens is 2. The van der Waals surface area contributed by atoms with Crippen molar-refractivity contribution in [3.8, 4) is 11.1 Å². The predicted molar refractivity (Wildman–Crippen MR) is 90.5 cm³/mol. The zero-order valence-electron chi connectivity index (χ0n) is 11.4. The zero-order valence-corrected chi connectivity index (χ0v) is 14.5. The molecule has 108 valence electrons. The number of fused-ring (bicyclic) bond motifs is 3. The SMILES string of the molecule is CCOC(=O)c1ccc2c(c1)Cc1c-2cc(Br)c(N)c1Br. The summed E-state index contributed by atoms with van der Waals surface area (Å²) in [5.74, 6) is -0.281. The van der Waals surface area contributed by atoms with E-state index in [0.29, 0.717) is 17.9 Å². The maximum Gasteiger partial charge on any atom is 0.338 e. The van der Waals surface area contributed by atoms with Gasteiger partial charge in [-0.3, -0.25) is 0 Å². The molecule has 1 aliphatic carbocycles. The molecule has 0 amide bonds. The predicted octanol–water partition coefficient (Wildman–Crippen LogP) is 4.54. The maximum atomic E-state index is 11.8. The van der Waals surface area contributed by atoms with Crippen molar-refractivity contribution >= 4 is 43.5 Å². The van der Waals surface area contributed by atoms with Gasteiger partial charge in [-0.05, 0) is 85.7 Å². The summed E-state index contributed by atoms with van der Waals surface area (Å²) in [4.78, 5) is 11.8. The normalized spacial score (nSPS) is 12.0. The molecule has 2 aromatic rings. The lowest BCUT2D eigenvalue weighted by Gasteiger charge is -2.08. The van der Waals surface area contributed by atoms with Gasteiger partial charge in [0.25, 0.3) is 0 Å². The number of esters is 1. The number of carbonyl (C=O) groups excluding carboxylic acids is 1. The van der Waals surface area contributed by atoms with E-state index < -0.39 is 0 Å². The standard InChI is InChI=1S/C16H13Br2NO2/c1-2-21-16(20)8-3-4-10-9(5-8)6-12-11(10)7-13(17)15(19)14(12)18/h3-5,7H,2,6,19H2,1H3. The molecule has 0 bridgehead atoms.